The number of nitrogens with two attached hydrogens (primary N) is 1. The van der Waals surface area contributed by atoms with E-state index in [0.717, 1.165) is 10.6 Å². The number of H-pyrrole nitrogens is 1. The van der Waals surface area contributed by atoms with Crippen LogP contribution in [0.15, 0.2) is 53.7 Å². The molecular formula is C23H23N7O3S2. The van der Waals surface area contributed by atoms with Gasteiger partial charge in [-0.2, -0.15) is 9.98 Å². The Morgan fingerprint density at radius 3 is 3.00 bits per heavy atom. The van der Waals surface area contributed by atoms with Crippen LogP contribution < -0.4 is 10.5 Å². The number of thiazole rings is 1. The zero-order chi connectivity index (χ0) is 24.6. The summed E-state index contributed by atoms with van der Waals surface area (Å²) < 4.78 is 31.3. The number of carbonyl (C=O) groups excluding carboxylic acids is 1. The molecule has 4 heterocycles. The van der Waals surface area contributed by atoms with Crippen molar-refractivity contribution in [3.8, 4) is 6.07 Å². The lowest BCUT2D eigenvalue weighted by Crippen LogP contribution is -2.50. The van der Waals surface area contributed by atoms with Crippen molar-refractivity contribution in [2.24, 2.45) is 0 Å². The van der Waals surface area contributed by atoms with Crippen molar-refractivity contribution >= 4 is 43.3 Å². The van der Waals surface area contributed by atoms with Gasteiger partial charge in [0.25, 0.3) is 0 Å². The lowest BCUT2D eigenvalue weighted by Gasteiger charge is -2.30. The van der Waals surface area contributed by atoms with Crippen LogP contribution in [0.3, 0.4) is 0 Å². The van der Waals surface area contributed by atoms with E-state index >= 15 is 0 Å². The lowest BCUT2D eigenvalue weighted by molar-refractivity contribution is -0.134. The van der Waals surface area contributed by atoms with Crippen molar-refractivity contribution in [1.82, 2.24) is 24.2 Å². The maximum Gasteiger partial charge on any atom is 0.241 e. The maximum absolute atomic E-state index is 13.6. The van der Waals surface area contributed by atoms with E-state index in [0.29, 0.717) is 47.8 Å². The fourth-order valence-electron chi connectivity index (χ4n) is 4.38. The van der Waals surface area contributed by atoms with Crippen molar-refractivity contribution in [1.29, 1.82) is 5.26 Å². The molecule has 0 fully saturated rings. The van der Waals surface area contributed by atoms with E-state index in [1.807, 2.05) is 0 Å². The Balaban J connectivity index is 1.43. The van der Waals surface area contributed by atoms with E-state index in [9.17, 15) is 18.5 Å². The Labute approximate surface area is 206 Å². The van der Waals surface area contributed by atoms with Gasteiger partial charge in [-0.05, 0) is 36.8 Å². The molecule has 0 aliphatic carbocycles. The molecule has 5 rings (SSSR count). The number of aryl methyl sites for hydroxylation is 1. The minimum absolute atomic E-state index is 0.101. The number of aromatic nitrogens is 3. The number of nitrogen functional groups attached to an aromatic ring is 1. The number of hydrogen-bond donors (Lipinski definition) is 3. The molecule has 1 amide bonds. The number of nitrogens with zero attached hydrogens (tertiary/aromatic N) is 4. The van der Waals surface area contributed by atoms with Crippen LogP contribution >= 0.6 is 11.3 Å². The van der Waals surface area contributed by atoms with Gasteiger partial charge in [0.1, 0.15) is 17.8 Å². The fourth-order valence-corrected chi connectivity index (χ4v) is 6.72. The molecule has 1 unspecified atom stereocenters. The Hall–Kier alpha value is -3.66. The zero-order valence-electron chi connectivity index (χ0n) is 18.6. The summed E-state index contributed by atoms with van der Waals surface area (Å²) in [6.45, 7) is 1.06. The summed E-state index contributed by atoms with van der Waals surface area (Å²) in [4.78, 5) is 23.6. The van der Waals surface area contributed by atoms with Gasteiger partial charge < -0.3 is 20.2 Å². The highest BCUT2D eigenvalue weighted by molar-refractivity contribution is 7.89. The number of sulfonamides is 1. The first-order valence-electron chi connectivity index (χ1n) is 11.0. The minimum atomic E-state index is -4.02. The number of nitriles is 1. The monoisotopic (exact) mass is 509 g/mol. The maximum atomic E-state index is 13.6. The number of aromatic amines is 1. The molecule has 3 aromatic heterocycles. The zero-order valence-corrected chi connectivity index (χ0v) is 20.3. The summed E-state index contributed by atoms with van der Waals surface area (Å²) in [5.41, 5.74) is 7.85. The summed E-state index contributed by atoms with van der Waals surface area (Å²) in [5.74, 6) is -0.321. The van der Waals surface area contributed by atoms with Crippen LogP contribution in [-0.2, 0) is 34.3 Å². The van der Waals surface area contributed by atoms with Crippen LogP contribution in [0.5, 0.6) is 0 Å². The number of carbonyl (C=O) groups is 1. The van der Waals surface area contributed by atoms with Crippen molar-refractivity contribution in [2.45, 2.75) is 36.9 Å². The van der Waals surface area contributed by atoms with E-state index in [2.05, 4.69) is 20.8 Å². The second kappa shape index (κ2) is 9.18. The second-order valence-electron chi connectivity index (χ2n) is 8.29. The van der Waals surface area contributed by atoms with Crippen molar-refractivity contribution in [3.63, 3.8) is 0 Å². The third-order valence-corrected chi connectivity index (χ3v) is 8.54. The molecule has 0 radical (unpaired) electrons. The number of rotatable bonds is 7. The van der Waals surface area contributed by atoms with E-state index in [-0.39, 0.29) is 17.2 Å². The molecule has 1 aromatic carbocycles. The smallest absolute Gasteiger partial charge is 0.241 e. The van der Waals surface area contributed by atoms with Gasteiger partial charge >= 0.3 is 0 Å². The molecule has 1 aliphatic rings. The Bertz CT molecular complexity index is 1540. The van der Waals surface area contributed by atoms with Gasteiger partial charge in [-0.15, -0.1) is 11.3 Å². The van der Waals surface area contributed by atoms with Gasteiger partial charge in [0, 0.05) is 47.7 Å². The first-order valence-corrected chi connectivity index (χ1v) is 13.3. The predicted molar refractivity (Wildman–Crippen MR) is 132 cm³/mol. The fraction of sp³-hybridized carbons (Fsp3) is 0.261. The van der Waals surface area contributed by atoms with E-state index in [4.69, 9.17) is 5.73 Å². The lowest BCUT2D eigenvalue weighted by atomic mass is 10.1. The molecule has 0 saturated heterocycles. The summed E-state index contributed by atoms with van der Waals surface area (Å²) in [6.07, 6.45) is 4.15. The van der Waals surface area contributed by atoms with Crippen LogP contribution in [0.25, 0.3) is 10.9 Å². The second-order valence-corrected chi connectivity index (χ2v) is 11.1. The predicted octanol–water partition coefficient (Wildman–Crippen LogP) is 2.20. The highest BCUT2D eigenvalue weighted by atomic mass is 32.2. The molecule has 10 nitrogen and oxygen atoms in total. The van der Waals surface area contributed by atoms with E-state index in [1.54, 1.807) is 52.2 Å². The van der Waals surface area contributed by atoms with E-state index < -0.39 is 16.1 Å². The van der Waals surface area contributed by atoms with Gasteiger partial charge in [0.05, 0.1) is 17.1 Å². The van der Waals surface area contributed by atoms with Crippen LogP contribution in [0.1, 0.15) is 22.7 Å². The van der Waals surface area contributed by atoms with Crippen LogP contribution in [0, 0.1) is 11.3 Å². The van der Waals surface area contributed by atoms with Crippen LogP contribution in [0.2, 0.25) is 0 Å². The highest BCUT2D eigenvalue weighted by Crippen LogP contribution is 2.28. The Morgan fingerprint density at radius 2 is 2.17 bits per heavy atom. The molecule has 12 heteroatoms. The molecule has 0 spiro atoms. The largest absolute Gasteiger partial charge is 0.375 e. The minimum Gasteiger partial charge on any atom is -0.375 e. The number of amides is 1. The molecule has 4 aromatic rings. The highest BCUT2D eigenvalue weighted by Gasteiger charge is 2.32. The first kappa shape index (κ1) is 23.1. The van der Waals surface area contributed by atoms with Gasteiger partial charge in [0.15, 0.2) is 5.13 Å². The summed E-state index contributed by atoms with van der Waals surface area (Å²) >= 11 is 1.34. The Morgan fingerprint density at radius 1 is 1.31 bits per heavy atom. The van der Waals surface area contributed by atoms with Gasteiger partial charge in [-0.1, -0.05) is 6.07 Å². The molecular weight excluding hydrogens is 486 g/mol. The first-order chi connectivity index (χ1) is 16.9. The number of nitrogens with one attached hydrogen (secondary N) is 2. The van der Waals surface area contributed by atoms with Gasteiger partial charge in [-0.25, -0.2) is 13.4 Å². The van der Waals surface area contributed by atoms with Gasteiger partial charge in [0.2, 0.25) is 15.9 Å². The van der Waals surface area contributed by atoms with Crippen molar-refractivity contribution in [2.75, 3.05) is 12.3 Å². The summed E-state index contributed by atoms with van der Waals surface area (Å²) in [5, 5.41) is 10.3. The molecule has 35 heavy (non-hydrogen) atoms. The van der Waals surface area contributed by atoms with E-state index in [1.165, 1.54) is 17.4 Å². The molecule has 1 aliphatic heterocycles. The quantitative estimate of drug-likeness (QED) is 0.348. The summed E-state index contributed by atoms with van der Waals surface area (Å²) in [7, 11) is -4.02. The van der Waals surface area contributed by atoms with Crippen LogP contribution in [-0.4, -0.2) is 46.3 Å². The number of hydrogen-bond acceptors (Lipinski definition) is 7. The average Bonchev–Trinajstić information content (AvgIpc) is 3.58. The number of anilines is 1. The van der Waals surface area contributed by atoms with Crippen LogP contribution in [0.4, 0.5) is 5.13 Å². The molecule has 0 bridgehead atoms. The third kappa shape index (κ3) is 4.53. The molecule has 180 valence electrons. The molecule has 4 N–H and O–H groups in total. The SMILES string of the molecule is N#Cc1cccn1CCC(NS(=O)(=O)c1cccc2[nH]ccc12)C(=O)N1CCc2nc(N)sc2C1. The average molecular weight is 510 g/mol. The molecule has 0 saturated carbocycles. The topological polar surface area (TPSA) is 150 Å². The standard InChI is InChI=1S/C23H23N7O3S2/c24-13-15-3-2-10-29(15)11-8-19(22(31)30-12-7-18-20(14-30)34-23(25)27-18)28-35(32,33)21-5-1-4-17-16(21)6-9-26-17/h1-6,9-10,19,26,28H,7-8,11-12,14H2,(H2,25,27). The third-order valence-electron chi connectivity index (χ3n) is 6.10. The van der Waals surface area contributed by atoms with Crippen molar-refractivity contribution < 1.29 is 13.2 Å². The van der Waals surface area contributed by atoms with Crippen molar-refractivity contribution in [3.05, 3.63) is 65.1 Å². The Kier molecular flexibility index (Phi) is 6.06. The van der Waals surface area contributed by atoms with Gasteiger partial charge in [-0.3, -0.25) is 4.79 Å². The normalized spacial score (nSPS) is 14.5. The molecule has 1 atom stereocenters. The summed E-state index contributed by atoms with van der Waals surface area (Å²) in [6, 6.07) is 11.2. The number of benzene rings is 1. The number of fused-ring (bicyclic) bond motifs is 2.